The molecule has 0 bridgehead atoms. The summed E-state index contributed by atoms with van der Waals surface area (Å²) in [5, 5.41) is 3.43. The normalized spacial score (nSPS) is 8.12. The molecule has 46 valence electrons. The van der Waals surface area contributed by atoms with E-state index in [2.05, 4.69) is 25.6 Å². The molecule has 0 spiro atoms. The van der Waals surface area contributed by atoms with Crippen LogP contribution in [0, 0.1) is 0 Å². The molecule has 0 aliphatic rings. The molecule has 1 heterocycles. The van der Waals surface area contributed by atoms with Crippen LogP contribution in [0.15, 0.2) is 15.2 Å². The lowest BCUT2D eigenvalue weighted by atomic mass is 10.7. The van der Waals surface area contributed by atoms with Crippen LogP contribution in [0.25, 0.3) is 0 Å². The molecule has 0 atom stereocenters. The maximum atomic E-state index is 5.12. The highest BCUT2D eigenvalue weighted by Crippen LogP contribution is 2.09. The maximum absolute atomic E-state index is 5.12. The van der Waals surface area contributed by atoms with E-state index in [1.807, 2.05) is 0 Å². The summed E-state index contributed by atoms with van der Waals surface area (Å²) in [4.78, 5) is 0. The van der Waals surface area contributed by atoms with Crippen molar-refractivity contribution in [3.05, 3.63) is 10.7 Å². The second kappa shape index (κ2) is 2.94. The van der Waals surface area contributed by atoms with E-state index in [4.69, 9.17) is 5.73 Å². The van der Waals surface area contributed by atoms with Crippen LogP contribution in [-0.4, -0.2) is 5.16 Å². The molecule has 5 heteroatoms. The molecular weight excluding hydrogens is 195 g/mol. The summed E-state index contributed by atoms with van der Waals surface area (Å²) in [5.74, 6) is 0.326. The molecule has 0 saturated carbocycles. The Labute approximate surface area is 60.8 Å². The Morgan fingerprint density at radius 1 is 1.75 bits per heavy atom. The van der Waals surface area contributed by atoms with Gasteiger partial charge in [0.1, 0.15) is 0 Å². The van der Waals surface area contributed by atoms with Crippen molar-refractivity contribution in [1.29, 1.82) is 0 Å². The van der Waals surface area contributed by atoms with Crippen LogP contribution in [0.1, 0.15) is 0 Å². The van der Waals surface area contributed by atoms with E-state index in [1.54, 1.807) is 6.07 Å². The Hall–Kier alpha value is -0.220. The van der Waals surface area contributed by atoms with E-state index in [0.717, 1.165) is 0 Å². The summed E-state index contributed by atoms with van der Waals surface area (Å²) in [6, 6.07) is 1.58. The topological polar surface area (TPSA) is 52.0 Å². The van der Waals surface area contributed by atoms with Gasteiger partial charge in [-0.2, -0.15) is 0 Å². The van der Waals surface area contributed by atoms with Crippen molar-refractivity contribution in [2.24, 2.45) is 0 Å². The van der Waals surface area contributed by atoms with Crippen LogP contribution in [0.5, 0.6) is 0 Å². The average Bonchev–Trinajstić information content (AvgIpc) is 1.87. The van der Waals surface area contributed by atoms with Crippen molar-refractivity contribution in [1.82, 2.24) is 5.16 Å². The van der Waals surface area contributed by atoms with Crippen LogP contribution in [0.2, 0.25) is 0 Å². The van der Waals surface area contributed by atoms with Crippen LogP contribution < -0.4 is 5.73 Å². The van der Waals surface area contributed by atoms with E-state index < -0.39 is 0 Å². The van der Waals surface area contributed by atoms with Crippen molar-refractivity contribution in [2.75, 3.05) is 5.73 Å². The number of nitrogen functional groups attached to an aromatic ring is 1. The van der Waals surface area contributed by atoms with Gasteiger partial charge in [-0.15, -0.1) is 12.4 Å². The third-order valence-electron chi connectivity index (χ3n) is 0.500. The van der Waals surface area contributed by atoms with Crippen molar-refractivity contribution >= 4 is 34.2 Å². The number of nitrogens with zero attached hydrogens (tertiary/aromatic N) is 1. The summed E-state index contributed by atoms with van der Waals surface area (Å²) in [6.45, 7) is 0. The number of halogens is 2. The fourth-order valence-corrected chi connectivity index (χ4v) is 0.564. The minimum atomic E-state index is 0. The third kappa shape index (κ3) is 1.71. The second-order valence-corrected chi connectivity index (χ2v) is 1.86. The lowest BCUT2D eigenvalue weighted by Crippen LogP contribution is -1.75. The van der Waals surface area contributed by atoms with Crippen LogP contribution >= 0.6 is 28.3 Å². The molecule has 1 aromatic heterocycles. The fraction of sp³-hybridized carbons (Fsp3) is 0. The largest absolute Gasteiger partial charge is 0.368 e. The first-order valence-corrected chi connectivity index (χ1v) is 2.46. The van der Waals surface area contributed by atoms with Gasteiger partial charge in [-0.25, -0.2) is 0 Å². The van der Waals surface area contributed by atoms with Crippen molar-refractivity contribution < 1.29 is 4.52 Å². The smallest absolute Gasteiger partial charge is 0.223 e. The molecule has 1 aromatic rings. The maximum Gasteiger partial charge on any atom is 0.223 e. The Morgan fingerprint density at radius 3 is 2.50 bits per heavy atom. The second-order valence-electron chi connectivity index (χ2n) is 1.05. The predicted molar refractivity (Wildman–Crippen MR) is 35.9 cm³/mol. The first kappa shape index (κ1) is 7.78. The van der Waals surface area contributed by atoms with Gasteiger partial charge in [0.25, 0.3) is 0 Å². The Kier molecular flexibility index (Phi) is 2.86. The zero-order valence-electron chi connectivity index (χ0n) is 3.80. The summed E-state index contributed by atoms with van der Waals surface area (Å²) < 4.78 is 5.07. The number of aromatic nitrogens is 1. The zero-order valence-corrected chi connectivity index (χ0v) is 6.20. The number of hydrogen-bond acceptors (Lipinski definition) is 3. The van der Waals surface area contributed by atoms with Gasteiger partial charge in [-0.3, -0.25) is 0 Å². The summed E-state index contributed by atoms with van der Waals surface area (Å²) in [6.07, 6.45) is 0. The quantitative estimate of drug-likeness (QED) is 0.688. The van der Waals surface area contributed by atoms with Gasteiger partial charge in [0.15, 0.2) is 4.60 Å². The molecule has 1 rings (SSSR count). The van der Waals surface area contributed by atoms with E-state index in [1.165, 1.54) is 0 Å². The SMILES string of the molecule is Cl.Nc1cc(Br)no1. The van der Waals surface area contributed by atoms with Crippen LogP contribution in [0.4, 0.5) is 5.88 Å². The molecule has 0 radical (unpaired) electrons. The molecule has 3 nitrogen and oxygen atoms in total. The van der Waals surface area contributed by atoms with Gasteiger partial charge < -0.3 is 10.3 Å². The van der Waals surface area contributed by atoms with Crippen molar-refractivity contribution in [2.45, 2.75) is 0 Å². The Balaban J connectivity index is 0.000000490. The van der Waals surface area contributed by atoms with Gasteiger partial charge in [-0.1, -0.05) is 5.16 Å². The zero-order chi connectivity index (χ0) is 5.28. The van der Waals surface area contributed by atoms with E-state index in [9.17, 15) is 0 Å². The van der Waals surface area contributed by atoms with E-state index in [0.29, 0.717) is 10.5 Å². The highest BCUT2D eigenvalue weighted by Gasteiger charge is 1.91. The molecule has 0 aliphatic carbocycles. The molecule has 2 N–H and O–H groups in total. The molecule has 0 amide bonds. The number of nitrogens with two attached hydrogens (primary N) is 1. The fourth-order valence-electron chi connectivity index (χ4n) is 0.266. The van der Waals surface area contributed by atoms with E-state index >= 15 is 0 Å². The Morgan fingerprint density at radius 2 is 2.38 bits per heavy atom. The predicted octanol–water partition coefficient (Wildman–Crippen LogP) is 1.44. The number of rotatable bonds is 0. The van der Waals surface area contributed by atoms with Crippen LogP contribution in [-0.2, 0) is 0 Å². The first-order chi connectivity index (χ1) is 3.29. The summed E-state index contributed by atoms with van der Waals surface area (Å²) in [7, 11) is 0. The first-order valence-electron chi connectivity index (χ1n) is 1.67. The highest BCUT2D eigenvalue weighted by atomic mass is 79.9. The molecule has 8 heavy (non-hydrogen) atoms. The monoisotopic (exact) mass is 198 g/mol. The van der Waals surface area contributed by atoms with Gasteiger partial charge in [0.2, 0.25) is 5.88 Å². The number of hydrogen-bond donors (Lipinski definition) is 1. The van der Waals surface area contributed by atoms with Crippen molar-refractivity contribution in [3.8, 4) is 0 Å². The summed E-state index contributed by atoms with van der Waals surface area (Å²) >= 11 is 3.05. The minimum absolute atomic E-state index is 0. The molecular formula is C3H4BrClN2O. The summed E-state index contributed by atoms with van der Waals surface area (Å²) in [5.41, 5.74) is 5.12. The average molecular weight is 199 g/mol. The van der Waals surface area contributed by atoms with Gasteiger partial charge >= 0.3 is 0 Å². The minimum Gasteiger partial charge on any atom is -0.368 e. The lowest BCUT2D eigenvalue weighted by molar-refractivity contribution is 0.432. The lowest BCUT2D eigenvalue weighted by Gasteiger charge is -1.67. The van der Waals surface area contributed by atoms with E-state index in [-0.39, 0.29) is 12.4 Å². The highest BCUT2D eigenvalue weighted by molar-refractivity contribution is 9.10. The molecule has 0 unspecified atom stereocenters. The molecule has 0 aromatic carbocycles. The standard InChI is InChI=1S/C3H3BrN2O.ClH/c4-2-1-3(5)7-6-2;/h1H,5H2;1H. The van der Waals surface area contributed by atoms with Crippen LogP contribution in [0.3, 0.4) is 0 Å². The van der Waals surface area contributed by atoms with Crippen molar-refractivity contribution in [3.63, 3.8) is 0 Å². The molecule has 0 saturated heterocycles. The third-order valence-corrected chi connectivity index (χ3v) is 0.873. The molecule has 0 aliphatic heterocycles. The van der Waals surface area contributed by atoms with Gasteiger partial charge in [0, 0.05) is 6.07 Å². The number of anilines is 1. The Bertz CT molecular complexity index is 150. The van der Waals surface area contributed by atoms with Gasteiger partial charge in [-0.05, 0) is 15.9 Å². The van der Waals surface area contributed by atoms with Gasteiger partial charge in [0.05, 0.1) is 0 Å². The molecule has 0 fully saturated rings.